The predicted octanol–water partition coefficient (Wildman–Crippen LogP) is 2.27. The molecule has 1 aromatic rings. The van der Waals surface area contributed by atoms with E-state index in [1.807, 2.05) is 0 Å². The number of rotatable bonds is 4. The number of primary sulfonamides is 1. The van der Waals surface area contributed by atoms with Gasteiger partial charge in [0, 0.05) is 12.1 Å². The fourth-order valence-electron chi connectivity index (χ4n) is 1.29. The van der Waals surface area contributed by atoms with Crippen molar-refractivity contribution in [3.8, 4) is 0 Å². The molecule has 20 heavy (non-hydrogen) atoms. The van der Waals surface area contributed by atoms with Gasteiger partial charge in [-0.3, -0.25) is 4.79 Å². The van der Waals surface area contributed by atoms with Gasteiger partial charge in [0.25, 0.3) is 0 Å². The number of halogens is 4. The molecule has 0 saturated heterocycles. The van der Waals surface area contributed by atoms with Crippen LogP contribution in [0.4, 0.5) is 18.9 Å². The Morgan fingerprint density at radius 2 is 1.95 bits per heavy atom. The zero-order valence-corrected chi connectivity index (χ0v) is 11.4. The number of amides is 1. The second-order valence-corrected chi connectivity index (χ2v) is 5.79. The van der Waals surface area contributed by atoms with Gasteiger partial charge in [0.1, 0.15) is 4.90 Å². The lowest BCUT2D eigenvalue weighted by Gasteiger charge is -2.09. The maximum atomic E-state index is 11.9. The summed E-state index contributed by atoms with van der Waals surface area (Å²) in [6.07, 6.45) is -6.41. The molecule has 1 rings (SSSR count). The van der Waals surface area contributed by atoms with E-state index < -0.39 is 34.9 Å². The van der Waals surface area contributed by atoms with Crippen LogP contribution in [0.25, 0.3) is 0 Å². The lowest BCUT2D eigenvalue weighted by Crippen LogP contribution is -2.17. The van der Waals surface area contributed by atoms with Crippen LogP contribution < -0.4 is 10.5 Å². The average Bonchev–Trinajstić information content (AvgIpc) is 2.23. The van der Waals surface area contributed by atoms with E-state index in [1.165, 1.54) is 6.07 Å². The van der Waals surface area contributed by atoms with Crippen molar-refractivity contribution in [1.82, 2.24) is 0 Å². The fourth-order valence-corrected chi connectivity index (χ4v) is 2.38. The quantitative estimate of drug-likeness (QED) is 0.887. The molecule has 0 aliphatic carbocycles. The van der Waals surface area contributed by atoms with E-state index in [0.29, 0.717) is 0 Å². The van der Waals surface area contributed by atoms with Crippen molar-refractivity contribution in [2.45, 2.75) is 23.9 Å². The standard InChI is InChI=1S/C10H10ClF3N2O3S/c11-7-5-6(1-2-8(7)20(15,18)19)16-9(17)3-4-10(12,13)14/h1-2,5H,3-4H2,(H,16,17)(H2,15,18,19). The average molecular weight is 331 g/mol. The molecule has 112 valence electrons. The monoisotopic (exact) mass is 330 g/mol. The molecule has 0 aromatic heterocycles. The smallest absolute Gasteiger partial charge is 0.326 e. The van der Waals surface area contributed by atoms with E-state index >= 15 is 0 Å². The molecule has 0 heterocycles. The Labute approximate surface area is 118 Å². The summed E-state index contributed by atoms with van der Waals surface area (Å²) in [6, 6.07) is 3.32. The number of sulfonamides is 1. The minimum atomic E-state index is -4.42. The highest BCUT2D eigenvalue weighted by atomic mass is 35.5. The van der Waals surface area contributed by atoms with Crippen molar-refractivity contribution in [3.63, 3.8) is 0 Å². The third-order valence-corrected chi connectivity index (χ3v) is 3.55. The summed E-state index contributed by atoms with van der Waals surface area (Å²) in [5.41, 5.74) is 0.0783. The molecule has 0 aliphatic heterocycles. The van der Waals surface area contributed by atoms with Crippen LogP contribution in [0.1, 0.15) is 12.8 Å². The second kappa shape index (κ2) is 5.98. The molecule has 0 unspecified atom stereocenters. The van der Waals surface area contributed by atoms with Gasteiger partial charge in [-0.25, -0.2) is 13.6 Å². The molecule has 0 aliphatic rings. The number of hydrogen-bond acceptors (Lipinski definition) is 3. The number of carbonyl (C=O) groups is 1. The van der Waals surface area contributed by atoms with Gasteiger partial charge in [-0.2, -0.15) is 13.2 Å². The Morgan fingerprint density at radius 3 is 2.40 bits per heavy atom. The highest BCUT2D eigenvalue weighted by Gasteiger charge is 2.27. The Bertz CT molecular complexity index is 617. The summed E-state index contributed by atoms with van der Waals surface area (Å²) in [7, 11) is -4.00. The molecule has 0 saturated carbocycles. The first-order valence-electron chi connectivity index (χ1n) is 5.18. The summed E-state index contributed by atoms with van der Waals surface area (Å²) in [4.78, 5) is 10.9. The molecule has 3 N–H and O–H groups in total. The number of nitrogens with one attached hydrogen (secondary N) is 1. The minimum Gasteiger partial charge on any atom is -0.326 e. The Morgan fingerprint density at radius 1 is 1.35 bits per heavy atom. The van der Waals surface area contributed by atoms with Crippen LogP contribution in [0.5, 0.6) is 0 Å². The highest BCUT2D eigenvalue weighted by Crippen LogP contribution is 2.25. The molecule has 0 radical (unpaired) electrons. The third-order valence-electron chi connectivity index (χ3n) is 2.16. The molecule has 1 aromatic carbocycles. The van der Waals surface area contributed by atoms with Crippen LogP contribution in [0.15, 0.2) is 23.1 Å². The van der Waals surface area contributed by atoms with Crippen LogP contribution in [-0.4, -0.2) is 20.5 Å². The third kappa shape index (κ3) is 5.35. The van der Waals surface area contributed by atoms with E-state index in [1.54, 1.807) is 0 Å². The van der Waals surface area contributed by atoms with E-state index in [-0.39, 0.29) is 15.6 Å². The van der Waals surface area contributed by atoms with Gasteiger partial charge < -0.3 is 5.32 Å². The van der Waals surface area contributed by atoms with Crippen molar-refractivity contribution in [2.75, 3.05) is 5.32 Å². The first-order chi connectivity index (χ1) is 8.99. The normalized spacial score (nSPS) is 12.2. The molecular weight excluding hydrogens is 321 g/mol. The number of benzene rings is 1. The number of alkyl halides is 3. The number of anilines is 1. The van der Waals surface area contributed by atoms with Crippen molar-refractivity contribution >= 4 is 33.2 Å². The molecule has 0 atom stereocenters. The van der Waals surface area contributed by atoms with E-state index in [0.717, 1.165) is 12.1 Å². The summed E-state index contributed by atoms with van der Waals surface area (Å²) in [5, 5.41) is 6.82. The van der Waals surface area contributed by atoms with Gasteiger partial charge >= 0.3 is 6.18 Å². The number of nitrogens with two attached hydrogens (primary N) is 1. The first kappa shape index (κ1) is 16.7. The van der Waals surface area contributed by atoms with E-state index in [9.17, 15) is 26.4 Å². The fraction of sp³-hybridized carbons (Fsp3) is 0.300. The second-order valence-electron chi connectivity index (χ2n) is 3.85. The largest absolute Gasteiger partial charge is 0.389 e. The number of carbonyl (C=O) groups excluding carboxylic acids is 1. The maximum absolute atomic E-state index is 11.9. The van der Waals surface area contributed by atoms with Gasteiger partial charge in [-0.1, -0.05) is 11.6 Å². The molecule has 0 spiro atoms. The summed E-state index contributed by atoms with van der Waals surface area (Å²) in [6.45, 7) is 0. The Kier molecular flexibility index (Phi) is 5.00. The topological polar surface area (TPSA) is 89.3 Å². The van der Waals surface area contributed by atoms with Crippen molar-refractivity contribution in [2.24, 2.45) is 5.14 Å². The van der Waals surface area contributed by atoms with Crippen LogP contribution in [0, 0.1) is 0 Å². The van der Waals surface area contributed by atoms with E-state index in [4.69, 9.17) is 16.7 Å². The van der Waals surface area contributed by atoms with Crippen LogP contribution in [-0.2, 0) is 14.8 Å². The van der Waals surface area contributed by atoms with Crippen LogP contribution >= 0.6 is 11.6 Å². The summed E-state index contributed by atoms with van der Waals surface area (Å²) >= 11 is 5.66. The first-order valence-corrected chi connectivity index (χ1v) is 7.10. The summed E-state index contributed by atoms with van der Waals surface area (Å²) in [5.74, 6) is -0.859. The van der Waals surface area contributed by atoms with Gasteiger partial charge in [0.2, 0.25) is 15.9 Å². The van der Waals surface area contributed by atoms with E-state index in [2.05, 4.69) is 5.32 Å². The Balaban J connectivity index is 2.76. The molecule has 10 heteroatoms. The highest BCUT2D eigenvalue weighted by molar-refractivity contribution is 7.89. The molecule has 0 bridgehead atoms. The maximum Gasteiger partial charge on any atom is 0.389 e. The molecule has 0 fully saturated rings. The lowest BCUT2D eigenvalue weighted by atomic mass is 10.2. The lowest BCUT2D eigenvalue weighted by molar-refractivity contribution is -0.142. The molecular formula is C10H10ClF3N2O3S. The van der Waals surface area contributed by atoms with Crippen molar-refractivity contribution in [1.29, 1.82) is 0 Å². The Hall–Kier alpha value is -1.32. The zero-order valence-electron chi connectivity index (χ0n) is 9.87. The molecule has 5 nitrogen and oxygen atoms in total. The number of hydrogen-bond donors (Lipinski definition) is 2. The SMILES string of the molecule is NS(=O)(=O)c1ccc(NC(=O)CCC(F)(F)F)cc1Cl. The van der Waals surface area contributed by atoms with Gasteiger partial charge in [-0.05, 0) is 18.2 Å². The van der Waals surface area contributed by atoms with Gasteiger partial charge in [-0.15, -0.1) is 0 Å². The van der Waals surface area contributed by atoms with Gasteiger partial charge in [0.15, 0.2) is 0 Å². The van der Waals surface area contributed by atoms with Gasteiger partial charge in [0.05, 0.1) is 11.4 Å². The van der Waals surface area contributed by atoms with Crippen molar-refractivity contribution < 1.29 is 26.4 Å². The summed E-state index contributed by atoms with van der Waals surface area (Å²) < 4.78 is 57.9. The molecule has 1 amide bonds. The zero-order chi connectivity index (χ0) is 15.6. The minimum absolute atomic E-state index is 0.0783. The predicted molar refractivity (Wildman–Crippen MR) is 66.7 cm³/mol. The van der Waals surface area contributed by atoms with Crippen molar-refractivity contribution in [3.05, 3.63) is 23.2 Å². The van der Waals surface area contributed by atoms with Crippen LogP contribution in [0.3, 0.4) is 0 Å². The van der Waals surface area contributed by atoms with Crippen LogP contribution in [0.2, 0.25) is 5.02 Å².